The molecule has 2 aromatic rings. The third kappa shape index (κ3) is 4.24. The highest BCUT2D eigenvalue weighted by Crippen LogP contribution is 2.20. The summed E-state index contributed by atoms with van der Waals surface area (Å²) in [4.78, 5) is 12.5. The first kappa shape index (κ1) is 19.1. The van der Waals surface area contributed by atoms with Gasteiger partial charge < -0.3 is 5.32 Å². The average Bonchev–Trinajstić information content (AvgIpc) is 2.57. The van der Waals surface area contributed by atoms with E-state index in [1.165, 1.54) is 47.8 Å². The summed E-state index contributed by atoms with van der Waals surface area (Å²) in [5.74, 6) is -0.964. The number of carbonyl (C=O) groups excluding carboxylic acids is 1. The van der Waals surface area contributed by atoms with Crippen molar-refractivity contribution in [3.63, 3.8) is 0 Å². The summed E-state index contributed by atoms with van der Waals surface area (Å²) in [5, 5.41) is 2.61. The number of amides is 1. The Kier molecular flexibility index (Phi) is 5.59. The summed E-state index contributed by atoms with van der Waals surface area (Å²) in [7, 11) is -2.20. The van der Waals surface area contributed by atoms with Crippen molar-refractivity contribution in [1.29, 1.82) is 0 Å². The molecule has 1 amide bonds. The van der Waals surface area contributed by atoms with E-state index in [2.05, 4.69) is 5.32 Å². The predicted molar refractivity (Wildman–Crippen MR) is 95.6 cm³/mol. The molecule has 0 aromatic heterocycles. The molecule has 0 atom stereocenters. The Morgan fingerprint density at radius 1 is 1.16 bits per heavy atom. The smallest absolute Gasteiger partial charge is 0.255 e. The lowest BCUT2D eigenvalue weighted by Gasteiger charge is -2.21. The first-order valence-corrected chi connectivity index (χ1v) is 9.22. The molecule has 2 rings (SSSR count). The van der Waals surface area contributed by atoms with Crippen molar-refractivity contribution in [2.24, 2.45) is 0 Å². The van der Waals surface area contributed by atoms with Crippen LogP contribution < -0.4 is 5.32 Å². The maximum atomic E-state index is 13.3. The summed E-state index contributed by atoms with van der Waals surface area (Å²) in [5.41, 5.74) is 1.23. The van der Waals surface area contributed by atoms with Crippen LogP contribution in [0.2, 0.25) is 0 Å². The number of halogens is 1. The Bertz CT molecular complexity index is 895. The van der Waals surface area contributed by atoms with Crippen LogP contribution in [-0.4, -0.2) is 31.7 Å². The lowest BCUT2D eigenvalue weighted by molar-refractivity contribution is 0.102. The lowest BCUT2D eigenvalue weighted by Crippen LogP contribution is -2.33. The van der Waals surface area contributed by atoms with Crippen molar-refractivity contribution < 1.29 is 17.6 Å². The van der Waals surface area contributed by atoms with E-state index in [4.69, 9.17) is 0 Å². The second-order valence-electron chi connectivity index (χ2n) is 6.06. The van der Waals surface area contributed by atoms with E-state index in [1.807, 2.05) is 0 Å². The van der Waals surface area contributed by atoms with E-state index in [0.717, 1.165) is 0 Å². The van der Waals surface area contributed by atoms with Gasteiger partial charge in [0.1, 0.15) is 5.82 Å². The standard InChI is InChI=1S/C18H21FN2O3S/c1-12(2)21(4)25(23,24)16-7-5-6-14(10-16)18(22)20-17-11-15(19)9-8-13(17)3/h5-12H,1-4H3,(H,20,22). The summed E-state index contributed by atoms with van der Waals surface area (Å²) in [6, 6.07) is 9.66. The molecule has 0 unspecified atom stereocenters. The fraction of sp³-hybridized carbons (Fsp3) is 0.278. The van der Waals surface area contributed by atoms with Crippen LogP contribution in [0.1, 0.15) is 29.8 Å². The highest BCUT2D eigenvalue weighted by Gasteiger charge is 2.24. The average molecular weight is 364 g/mol. The van der Waals surface area contributed by atoms with Gasteiger partial charge in [0.05, 0.1) is 4.90 Å². The minimum Gasteiger partial charge on any atom is -0.322 e. The maximum absolute atomic E-state index is 13.3. The van der Waals surface area contributed by atoms with E-state index in [1.54, 1.807) is 26.8 Å². The van der Waals surface area contributed by atoms with Gasteiger partial charge >= 0.3 is 0 Å². The number of benzene rings is 2. The molecule has 0 radical (unpaired) electrons. The van der Waals surface area contributed by atoms with Gasteiger partial charge in [0, 0.05) is 24.3 Å². The molecule has 7 heteroatoms. The quantitative estimate of drug-likeness (QED) is 0.884. The zero-order chi connectivity index (χ0) is 18.8. The van der Waals surface area contributed by atoms with Crippen LogP contribution in [0.5, 0.6) is 0 Å². The molecule has 0 heterocycles. The van der Waals surface area contributed by atoms with E-state index in [-0.39, 0.29) is 16.5 Å². The summed E-state index contributed by atoms with van der Waals surface area (Å²) in [6.07, 6.45) is 0. The number of aryl methyl sites for hydroxylation is 1. The van der Waals surface area contributed by atoms with Crippen LogP contribution in [-0.2, 0) is 10.0 Å². The Hall–Kier alpha value is -2.25. The molecule has 0 aliphatic rings. The van der Waals surface area contributed by atoms with Crippen molar-refractivity contribution in [3.8, 4) is 0 Å². The highest BCUT2D eigenvalue weighted by atomic mass is 32.2. The number of rotatable bonds is 5. The Morgan fingerprint density at radius 3 is 2.48 bits per heavy atom. The second-order valence-corrected chi connectivity index (χ2v) is 8.05. The van der Waals surface area contributed by atoms with E-state index < -0.39 is 21.7 Å². The third-order valence-corrected chi connectivity index (χ3v) is 5.98. The van der Waals surface area contributed by atoms with E-state index >= 15 is 0 Å². The SMILES string of the molecule is Cc1ccc(F)cc1NC(=O)c1cccc(S(=O)(=O)N(C)C(C)C)c1. The Morgan fingerprint density at radius 2 is 1.84 bits per heavy atom. The van der Waals surface area contributed by atoms with Gasteiger partial charge in [-0.2, -0.15) is 4.31 Å². The van der Waals surface area contributed by atoms with E-state index in [0.29, 0.717) is 11.3 Å². The van der Waals surface area contributed by atoms with Gasteiger partial charge in [-0.15, -0.1) is 0 Å². The molecule has 0 saturated carbocycles. The largest absolute Gasteiger partial charge is 0.322 e. The lowest BCUT2D eigenvalue weighted by atomic mass is 10.1. The zero-order valence-corrected chi connectivity index (χ0v) is 15.4. The highest BCUT2D eigenvalue weighted by molar-refractivity contribution is 7.89. The van der Waals surface area contributed by atoms with Gasteiger partial charge in [-0.25, -0.2) is 12.8 Å². The number of nitrogens with zero attached hydrogens (tertiary/aromatic N) is 1. The van der Waals surface area contributed by atoms with Crippen LogP contribution in [0, 0.1) is 12.7 Å². The second kappa shape index (κ2) is 7.33. The van der Waals surface area contributed by atoms with Crippen molar-refractivity contribution in [1.82, 2.24) is 4.31 Å². The van der Waals surface area contributed by atoms with Crippen LogP contribution in [0.25, 0.3) is 0 Å². The predicted octanol–water partition coefficient (Wildman–Crippen LogP) is 3.42. The van der Waals surface area contributed by atoms with Gasteiger partial charge in [-0.3, -0.25) is 4.79 Å². The number of hydrogen-bond donors (Lipinski definition) is 1. The van der Waals surface area contributed by atoms with Crippen LogP contribution in [0.15, 0.2) is 47.4 Å². The topological polar surface area (TPSA) is 66.5 Å². The molecule has 0 fully saturated rings. The molecule has 25 heavy (non-hydrogen) atoms. The van der Waals surface area contributed by atoms with Crippen molar-refractivity contribution in [3.05, 3.63) is 59.4 Å². The van der Waals surface area contributed by atoms with Crippen molar-refractivity contribution in [2.45, 2.75) is 31.7 Å². The molecule has 0 aliphatic heterocycles. The maximum Gasteiger partial charge on any atom is 0.255 e. The first-order valence-electron chi connectivity index (χ1n) is 7.78. The van der Waals surface area contributed by atoms with Gasteiger partial charge in [-0.05, 0) is 56.7 Å². The normalized spacial score (nSPS) is 11.8. The Balaban J connectivity index is 2.32. The molecule has 5 nitrogen and oxygen atoms in total. The summed E-state index contributed by atoms with van der Waals surface area (Å²) >= 11 is 0. The fourth-order valence-electron chi connectivity index (χ4n) is 2.16. The monoisotopic (exact) mass is 364 g/mol. The molecule has 0 bridgehead atoms. The van der Waals surface area contributed by atoms with Crippen molar-refractivity contribution >= 4 is 21.6 Å². The third-order valence-electron chi connectivity index (χ3n) is 3.95. The van der Waals surface area contributed by atoms with Crippen molar-refractivity contribution in [2.75, 3.05) is 12.4 Å². The fourth-order valence-corrected chi connectivity index (χ4v) is 3.58. The van der Waals surface area contributed by atoms with Crippen LogP contribution in [0.3, 0.4) is 0 Å². The van der Waals surface area contributed by atoms with Gasteiger partial charge in [-0.1, -0.05) is 12.1 Å². The molecular weight excluding hydrogens is 343 g/mol. The van der Waals surface area contributed by atoms with Gasteiger partial charge in [0.2, 0.25) is 10.0 Å². The number of carbonyl (C=O) groups is 1. The molecule has 1 N–H and O–H groups in total. The number of sulfonamides is 1. The number of hydrogen-bond acceptors (Lipinski definition) is 3. The Labute approximate surface area is 147 Å². The van der Waals surface area contributed by atoms with E-state index in [9.17, 15) is 17.6 Å². The van der Waals surface area contributed by atoms with Gasteiger partial charge in [0.25, 0.3) is 5.91 Å². The molecule has 0 aliphatic carbocycles. The summed E-state index contributed by atoms with van der Waals surface area (Å²) in [6.45, 7) is 5.27. The number of anilines is 1. The molecule has 0 spiro atoms. The summed E-state index contributed by atoms with van der Waals surface area (Å²) < 4.78 is 39.7. The zero-order valence-electron chi connectivity index (χ0n) is 14.6. The molecular formula is C18H21FN2O3S. The van der Waals surface area contributed by atoms with Crippen LogP contribution in [0.4, 0.5) is 10.1 Å². The molecule has 2 aromatic carbocycles. The molecule has 134 valence electrons. The molecule has 0 saturated heterocycles. The minimum absolute atomic E-state index is 0.0346. The van der Waals surface area contributed by atoms with Crippen LogP contribution >= 0.6 is 0 Å². The minimum atomic E-state index is -3.69. The van der Waals surface area contributed by atoms with Gasteiger partial charge in [0.15, 0.2) is 0 Å². The first-order chi connectivity index (χ1) is 11.6. The number of nitrogens with one attached hydrogen (secondary N) is 1.